The number of aryl methyl sites for hydroxylation is 1. The molecule has 0 atom stereocenters. The van der Waals surface area contributed by atoms with E-state index in [4.69, 9.17) is 4.74 Å². The van der Waals surface area contributed by atoms with E-state index in [9.17, 15) is 34.8 Å². The van der Waals surface area contributed by atoms with Crippen LogP contribution in [0.15, 0.2) is 41.3 Å². The quantitative estimate of drug-likeness (QED) is 0.730. The molecule has 0 aliphatic rings. The summed E-state index contributed by atoms with van der Waals surface area (Å²) >= 11 is 0. The van der Waals surface area contributed by atoms with Gasteiger partial charge in [-0.25, -0.2) is 8.42 Å². The van der Waals surface area contributed by atoms with Crippen molar-refractivity contribution in [2.24, 2.45) is 0 Å². The van der Waals surface area contributed by atoms with Gasteiger partial charge in [0.2, 0.25) is 0 Å². The molecule has 11 heteroatoms. The lowest BCUT2D eigenvalue weighted by Gasteiger charge is -2.16. The molecule has 4 nitrogen and oxygen atoms in total. The number of ether oxygens (including phenoxy) is 1. The summed E-state index contributed by atoms with van der Waals surface area (Å²) < 4.78 is 109. The number of methoxy groups -OCH3 is 1. The van der Waals surface area contributed by atoms with Crippen molar-refractivity contribution < 1.29 is 39.5 Å². The van der Waals surface area contributed by atoms with Crippen molar-refractivity contribution in [3.63, 3.8) is 0 Å². The molecule has 1 N–H and O–H groups in total. The summed E-state index contributed by atoms with van der Waals surface area (Å²) in [5.41, 5.74) is -3.64. The van der Waals surface area contributed by atoms with E-state index in [0.717, 1.165) is 0 Å². The van der Waals surface area contributed by atoms with Crippen molar-refractivity contribution in [2.45, 2.75) is 24.2 Å². The first-order chi connectivity index (χ1) is 12.2. The van der Waals surface area contributed by atoms with Crippen LogP contribution in [-0.2, 0) is 22.4 Å². The zero-order valence-corrected chi connectivity index (χ0v) is 14.7. The lowest BCUT2D eigenvalue weighted by atomic mass is 10.1. The maximum Gasteiger partial charge on any atom is 0.416 e. The van der Waals surface area contributed by atoms with Crippen LogP contribution in [0.2, 0.25) is 0 Å². The Balaban J connectivity index is 2.58. The van der Waals surface area contributed by atoms with Gasteiger partial charge in [0.1, 0.15) is 10.6 Å². The molecule has 27 heavy (non-hydrogen) atoms. The molecule has 2 aromatic carbocycles. The molecule has 0 fully saturated rings. The Bertz CT molecular complexity index is 919. The number of nitrogens with one attached hydrogen (secondary N) is 1. The summed E-state index contributed by atoms with van der Waals surface area (Å²) in [5.74, 6) is -0.115. The Hall–Kier alpha value is -2.43. The van der Waals surface area contributed by atoms with Crippen LogP contribution in [0.4, 0.5) is 32.0 Å². The summed E-state index contributed by atoms with van der Waals surface area (Å²) in [6, 6.07) is 4.51. The zero-order chi connectivity index (χ0) is 20.6. The lowest BCUT2D eigenvalue weighted by Crippen LogP contribution is -2.17. The van der Waals surface area contributed by atoms with E-state index < -0.39 is 44.1 Å². The van der Waals surface area contributed by atoms with E-state index in [1.807, 2.05) is 0 Å². The van der Waals surface area contributed by atoms with Crippen molar-refractivity contribution in [1.82, 2.24) is 0 Å². The normalized spacial score (nSPS) is 12.7. The van der Waals surface area contributed by atoms with E-state index in [1.54, 1.807) is 11.6 Å². The topological polar surface area (TPSA) is 55.4 Å². The van der Waals surface area contributed by atoms with E-state index in [-0.39, 0.29) is 23.9 Å². The summed E-state index contributed by atoms with van der Waals surface area (Å²) in [4.78, 5) is -0.420. The third-order valence-electron chi connectivity index (χ3n) is 3.45. The number of alkyl halides is 6. The van der Waals surface area contributed by atoms with Crippen molar-refractivity contribution in [1.29, 1.82) is 0 Å². The van der Waals surface area contributed by atoms with Gasteiger partial charge in [-0.1, -0.05) is 6.07 Å². The van der Waals surface area contributed by atoms with Gasteiger partial charge in [-0.05, 0) is 42.8 Å². The maximum absolute atomic E-state index is 12.9. The highest BCUT2D eigenvalue weighted by Gasteiger charge is 2.37. The molecule has 0 spiro atoms. The highest BCUT2D eigenvalue weighted by atomic mass is 32.2. The van der Waals surface area contributed by atoms with Crippen LogP contribution in [0, 0.1) is 6.92 Å². The molecule has 0 unspecified atom stereocenters. The van der Waals surface area contributed by atoms with Gasteiger partial charge in [-0.2, -0.15) is 26.3 Å². The molecule has 0 aliphatic heterocycles. The van der Waals surface area contributed by atoms with Gasteiger partial charge in [-0.3, -0.25) is 4.72 Å². The molecule has 0 heterocycles. The van der Waals surface area contributed by atoms with Gasteiger partial charge in [0.25, 0.3) is 10.0 Å². The van der Waals surface area contributed by atoms with Crippen molar-refractivity contribution in [3.05, 3.63) is 53.1 Å². The van der Waals surface area contributed by atoms with Crippen LogP contribution in [-0.4, -0.2) is 15.5 Å². The number of anilines is 1. The van der Waals surface area contributed by atoms with Gasteiger partial charge in [0.05, 0.1) is 23.9 Å². The molecule has 148 valence electrons. The standard InChI is InChI=1S/C16H13F6NO3S/c1-9-3-4-13(26-2)14(5-9)27(24,25)23-12-7-10(15(17,18)19)6-11(8-12)16(20,21)22/h3-8,23H,1-2H3. The van der Waals surface area contributed by atoms with E-state index in [0.29, 0.717) is 5.56 Å². The molecule has 2 aromatic rings. The molecular weight excluding hydrogens is 400 g/mol. The fourth-order valence-corrected chi connectivity index (χ4v) is 3.51. The predicted octanol–water partition coefficient (Wildman–Crippen LogP) is 4.84. The van der Waals surface area contributed by atoms with Crippen LogP contribution in [0.25, 0.3) is 0 Å². The lowest BCUT2D eigenvalue weighted by molar-refractivity contribution is -0.143. The molecule has 0 aromatic heterocycles. The number of hydrogen-bond acceptors (Lipinski definition) is 3. The minimum atomic E-state index is -5.09. The van der Waals surface area contributed by atoms with Gasteiger partial charge in [-0.15, -0.1) is 0 Å². The number of sulfonamides is 1. The summed E-state index contributed by atoms with van der Waals surface area (Å²) in [7, 11) is -3.34. The Labute approximate surface area is 150 Å². The minimum absolute atomic E-state index is 0.0922. The minimum Gasteiger partial charge on any atom is -0.495 e. The number of halogens is 6. The van der Waals surface area contributed by atoms with Crippen LogP contribution in [0.5, 0.6) is 5.75 Å². The first kappa shape index (κ1) is 20.9. The largest absolute Gasteiger partial charge is 0.495 e. The molecule has 0 amide bonds. The predicted molar refractivity (Wildman–Crippen MR) is 85.0 cm³/mol. The molecule has 2 rings (SSSR count). The van der Waals surface area contributed by atoms with E-state index in [1.165, 1.54) is 25.3 Å². The van der Waals surface area contributed by atoms with Gasteiger partial charge < -0.3 is 4.74 Å². The molecule has 0 bridgehead atoms. The summed E-state index contributed by atoms with van der Waals surface area (Å²) in [6.07, 6.45) is -10.2. The molecule has 0 saturated heterocycles. The van der Waals surface area contributed by atoms with Crippen LogP contribution >= 0.6 is 0 Å². The zero-order valence-electron chi connectivity index (χ0n) is 13.9. The molecule has 0 radical (unpaired) electrons. The van der Waals surface area contributed by atoms with Crippen molar-refractivity contribution >= 4 is 15.7 Å². The third kappa shape index (κ3) is 4.85. The Morgan fingerprint density at radius 3 is 1.85 bits per heavy atom. The van der Waals surface area contributed by atoms with Gasteiger partial charge >= 0.3 is 12.4 Å². The second-order valence-electron chi connectivity index (χ2n) is 5.55. The highest BCUT2D eigenvalue weighted by Crippen LogP contribution is 2.38. The molecular formula is C16H13F6NO3S. The Morgan fingerprint density at radius 2 is 1.41 bits per heavy atom. The fourth-order valence-electron chi connectivity index (χ4n) is 2.22. The second kappa shape index (κ2) is 6.95. The fraction of sp³-hybridized carbons (Fsp3) is 0.250. The van der Waals surface area contributed by atoms with E-state index >= 15 is 0 Å². The monoisotopic (exact) mass is 413 g/mol. The first-order valence-corrected chi connectivity index (χ1v) is 8.69. The molecule has 0 aliphatic carbocycles. The number of hydrogen-bond donors (Lipinski definition) is 1. The third-order valence-corrected chi connectivity index (χ3v) is 4.85. The summed E-state index contributed by atoms with van der Waals surface area (Å²) in [6.45, 7) is 1.56. The Morgan fingerprint density at radius 1 is 0.889 bits per heavy atom. The maximum atomic E-state index is 12.9. The van der Waals surface area contributed by atoms with Crippen molar-refractivity contribution in [3.8, 4) is 5.75 Å². The number of benzene rings is 2. The van der Waals surface area contributed by atoms with Crippen LogP contribution in [0.1, 0.15) is 16.7 Å². The smallest absolute Gasteiger partial charge is 0.416 e. The van der Waals surface area contributed by atoms with Gasteiger partial charge in [0, 0.05) is 0 Å². The average Bonchev–Trinajstić information content (AvgIpc) is 2.52. The van der Waals surface area contributed by atoms with Gasteiger partial charge in [0.15, 0.2) is 0 Å². The van der Waals surface area contributed by atoms with E-state index in [2.05, 4.69) is 0 Å². The SMILES string of the molecule is COc1ccc(C)cc1S(=O)(=O)Nc1cc(C(F)(F)F)cc(C(F)(F)F)c1. The Kier molecular flexibility index (Phi) is 5.37. The summed E-state index contributed by atoms with van der Waals surface area (Å²) in [5, 5.41) is 0. The second-order valence-corrected chi connectivity index (χ2v) is 7.21. The van der Waals surface area contributed by atoms with Crippen LogP contribution < -0.4 is 9.46 Å². The number of rotatable bonds is 4. The average molecular weight is 413 g/mol. The highest BCUT2D eigenvalue weighted by molar-refractivity contribution is 7.92. The van der Waals surface area contributed by atoms with Crippen LogP contribution in [0.3, 0.4) is 0 Å². The van der Waals surface area contributed by atoms with Crippen molar-refractivity contribution in [2.75, 3.05) is 11.8 Å². The first-order valence-electron chi connectivity index (χ1n) is 7.21. The molecule has 0 saturated carbocycles.